The van der Waals surface area contributed by atoms with Gasteiger partial charge in [0.05, 0.1) is 11.9 Å². The molecule has 2 rings (SSSR count). The summed E-state index contributed by atoms with van der Waals surface area (Å²) < 4.78 is 1.35. The summed E-state index contributed by atoms with van der Waals surface area (Å²) >= 11 is 0. The van der Waals surface area contributed by atoms with Crippen LogP contribution >= 0.6 is 0 Å². The van der Waals surface area contributed by atoms with Crippen LogP contribution in [0.5, 0.6) is 0 Å². The molecular weight excluding hydrogens is 258 g/mol. The summed E-state index contributed by atoms with van der Waals surface area (Å²) in [6.07, 6.45) is 2.98. The van der Waals surface area contributed by atoms with Crippen LogP contribution in [0.25, 0.3) is 0 Å². The molecule has 7 heteroatoms. The highest BCUT2D eigenvalue weighted by Crippen LogP contribution is 2.14. The molecule has 5 N–H and O–H groups in total. The second-order valence-corrected chi connectivity index (χ2v) is 4.42. The summed E-state index contributed by atoms with van der Waals surface area (Å²) in [5.41, 5.74) is 13.2. The Morgan fingerprint density at radius 1 is 1.40 bits per heavy atom. The van der Waals surface area contributed by atoms with Crippen LogP contribution in [0.4, 0.5) is 11.4 Å². The van der Waals surface area contributed by atoms with Crippen molar-refractivity contribution in [3.8, 4) is 0 Å². The van der Waals surface area contributed by atoms with Crippen LogP contribution in [0.1, 0.15) is 15.9 Å². The van der Waals surface area contributed by atoms with Crippen molar-refractivity contribution in [1.29, 1.82) is 0 Å². The predicted octanol–water partition coefficient (Wildman–Crippen LogP) is 0.511. The van der Waals surface area contributed by atoms with Gasteiger partial charge in [0.15, 0.2) is 0 Å². The molecule has 0 aliphatic carbocycles. The number of nitrogens with one attached hydrogen (secondary N) is 1. The Bertz CT molecular complexity index is 663. The number of aryl methyl sites for hydroxylation is 1. The van der Waals surface area contributed by atoms with E-state index in [0.717, 1.165) is 5.56 Å². The number of aromatic nitrogens is 2. The van der Waals surface area contributed by atoms with Gasteiger partial charge >= 0.3 is 0 Å². The second kappa shape index (κ2) is 5.43. The molecule has 0 unspecified atom stereocenters. The zero-order chi connectivity index (χ0) is 14.7. The number of carbonyl (C=O) groups excluding carboxylic acids is 2. The molecular formula is C13H15N5O2. The van der Waals surface area contributed by atoms with E-state index in [1.807, 2.05) is 6.92 Å². The number of nitrogens with zero attached hydrogens (tertiary/aromatic N) is 2. The van der Waals surface area contributed by atoms with Crippen molar-refractivity contribution >= 4 is 23.2 Å². The van der Waals surface area contributed by atoms with E-state index in [-0.39, 0.29) is 12.5 Å². The highest BCUT2D eigenvalue weighted by molar-refractivity contribution is 6.04. The van der Waals surface area contributed by atoms with E-state index in [9.17, 15) is 9.59 Å². The number of nitrogen functional groups attached to an aromatic ring is 1. The maximum atomic E-state index is 12.0. The van der Waals surface area contributed by atoms with Gasteiger partial charge in [-0.15, -0.1) is 0 Å². The highest BCUT2D eigenvalue weighted by atomic mass is 16.2. The second-order valence-electron chi connectivity index (χ2n) is 4.42. The maximum Gasteiger partial charge on any atom is 0.255 e. The number of hydrogen-bond donors (Lipinski definition) is 3. The van der Waals surface area contributed by atoms with Crippen molar-refractivity contribution in [2.45, 2.75) is 13.5 Å². The van der Waals surface area contributed by atoms with Gasteiger partial charge in [-0.1, -0.05) is 0 Å². The molecule has 0 aliphatic heterocycles. The first kappa shape index (κ1) is 13.6. The molecule has 20 heavy (non-hydrogen) atoms. The molecule has 0 spiro atoms. The molecule has 0 radical (unpaired) electrons. The summed E-state index contributed by atoms with van der Waals surface area (Å²) in [7, 11) is 0. The van der Waals surface area contributed by atoms with Crippen LogP contribution in [0.15, 0.2) is 30.6 Å². The van der Waals surface area contributed by atoms with Gasteiger partial charge in [-0.25, -0.2) is 0 Å². The highest BCUT2D eigenvalue weighted by Gasteiger charge is 2.09. The fourth-order valence-corrected chi connectivity index (χ4v) is 1.69. The number of nitrogens with two attached hydrogens (primary N) is 2. The molecule has 0 aliphatic rings. The Hall–Kier alpha value is -2.83. The average Bonchev–Trinajstić information content (AvgIpc) is 2.79. The van der Waals surface area contributed by atoms with Gasteiger partial charge < -0.3 is 16.8 Å². The van der Waals surface area contributed by atoms with Crippen molar-refractivity contribution in [3.63, 3.8) is 0 Å². The van der Waals surface area contributed by atoms with Crippen LogP contribution in [-0.4, -0.2) is 21.6 Å². The van der Waals surface area contributed by atoms with E-state index in [1.54, 1.807) is 18.2 Å². The molecule has 0 fully saturated rings. The topological polar surface area (TPSA) is 116 Å². The van der Waals surface area contributed by atoms with Crippen molar-refractivity contribution in [1.82, 2.24) is 9.78 Å². The van der Waals surface area contributed by atoms with Crippen LogP contribution < -0.4 is 16.8 Å². The fourth-order valence-electron chi connectivity index (χ4n) is 1.69. The van der Waals surface area contributed by atoms with E-state index in [1.165, 1.54) is 17.1 Å². The van der Waals surface area contributed by atoms with Crippen molar-refractivity contribution in [3.05, 3.63) is 41.7 Å². The van der Waals surface area contributed by atoms with Crippen LogP contribution in [0, 0.1) is 6.92 Å². The zero-order valence-electron chi connectivity index (χ0n) is 11.0. The van der Waals surface area contributed by atoms with E-state index >= 15 is 0 Å². The smallest absolute Gasteiger partial charge is 0.255 e. The number of anilines is 2. The molecule has 0 atom stereocenters. The van der Waals surface area contributed by atoms with Crippen molar-refractivity contribution < 1.29 is 9.59 Å². The summed E-state index contributed by atoms with van der Waals surface area (Å²) in [6, 6.07) is 5.03. The van der Waals surface area contributed by atoms with Gasteiger partial charge in [-0.2, -0.15) is 5.10 Å². The minimum atomic E-state index is -0.500. The predicted molar refractivity (Wildman–Crippen MR) is 75.0 cm³/mol. The monoisotopic (exact) mass is 273 g/mol. The molecule has 0 saturated carbocycles. The van der Waals surface area contributed by atoms with Gasteiger partial charge in [0.1, 0.15) is 6.54 Å². The third kappa shape index (κ3) is 3.14. The largest absolute Gasteiger partial charge is 0.399 e. The quantitative estimate of drug-likeness (QED) is 0.704. The fraction of sp³-hybridized carbons (Fsp3) is 0.154. The van der Waals surface area contributed by atoms with Gasteiger partial charge in [0.2, 0.25) is 5.91 Å². The minimum absolute atomic E-state index is 0.0309. The van der Waals surface area contributed by atoms with Crippen LogP contribution in [0.3, 0.4) is 0 Å². The SMILES string of the molecule is Cc1cc(C(=O)Nc2cnn(CC(N)=O)c2)ccc1N. The standard InChI is InChI=1S/C13H15N5O2/c1-8-4-9(2-3-11(8)14)13(20)17-10-5-16-18(6-10)7-12(15)19/h2-6H,7,14H2,1H3,(H2,15,19)(H,17,20). The molecule has 2 aromatic rings. The third-order valence-corrected chi connectivity index (χ3v) is 2.74. The van der Waals surface area contributed by atoms with Crippen LogP contribution in [0.2, 0.25) is 0 Å². The summed E-state index contributed by atoms with van der Waals surface area (Å²) in [5, 5.41) is 6.60. The number of rotatable bonds is 4. The molecule has 1 heterocycles. The Morgan fingerprint density at radius 3 is 2.80 bits per heavy atom. The van der Waals surface area contributed by atoms with E-state index in [0.29, 0.717) is 16.9 Å². The summed E-state index contributed by atoms with van der Waals surface area (Å²) in [5.74, 6) is -0.771. The van der Waals surface area contributed by atoms with Gasteiger partial charge in [-0.3, -0.25) is 14.3 Å². The Balaban J connectivity index is 2.09. The zero-order valence-corrected chi connectivity index (χ0v) is 11.0. The lowest BCUT2D eigenvalue weighted by Gasteiger charge is -2.05. The molecule has 1 aromatic carbocycles. The third-order valence-electron chi connectivity index (χ3n) is 2.74. The number of carbonyl (C=O) groups is 2. The lowest BCUT2D eigenvalue weighted by atomic mass is 10.1. The normalized spacial score (nSPS) is 10.2. The Kier molecular flexibility index (Phi) is 3.69. The summed E-state index contributed by atoms with van der Waals surface area (Å²) in [4.78, 5) is 22.8. The Labute approximate surface area is 115 Å². The number of amides is 2. The first-order valence-electron chi connectivity index (χ1n) is 5.94. The lowest BCUT2D eigenvalue weighted by molar-refractivity contribution is -0.118. The van der Waals surface area contributed by atoms with Crippen LogP contribution in [-0.2, 0) is 11.3 Å². The Morgan fingerprint density at radius 2 is 2.15 bits per heavy atom. The van der Waals surface area contributed by atoms with Gasteiger partial charge in [0.25, 0.3) is 5.91 Å². The average molecular weight is 273 g/mol. The first-order chi connectivity index (χ1) is 9.45. The molecule has 104 valence electrons. The van der Waals surface area contributed by atoms with E-state index in [4.69, 9.17) is 11.5 Å². The van der Waals surface area contributed by atoms with E-state index in [2.05, 4.69) is 10.4 Å². The lowest BCUT2D eigenvalue weighted by Crippen LogP contribution is -2.18. The molecule has 1 aromatic heterocycles. The van der Waals surface area contributed by atoms with Crippen molar-refractivity contribution in [2.75, 3.05) is 11.1 Å². The summed E-state index contributed by atoms with van der Waals surface area (Å²) in [6.45, 7) is 1.80. The molecule has 0 bridgehead atoms. The molecule has 7 nitrogen and oxygen atoms in total. The first-order valence-corrected chi connectivity index (χ1v) is 5.94. The van der Waals surface area contributed by atoms with E-state index < -0.39 is 5.91 Å². The number of primary amides is 1. The van der Waals surface area contributed by atoms with Gasteiger partial charge in [0, 0.05) is 17.4 Å². The number of benzene rings is 1. The minimum Gasteiger partial charge on any atom is -0.399 e. The van der Waals surface area contributed by atoms with Gasteiger partial charge in [-0.05, 0) is 30.7 Å². The van der Waals surface area contributed by atoms with Crippen molar-refractivity contribution in [2.24, 2.45) is 5.73 Å². The maximum absolute atomic E-state index is 12.0. The number of hydrogen-bond acceptors (Lipinski definition) is 4. The molecule has 0 saturated heterocycles. The molecule has 2 amide bonds.